The molecule has 0 aliphatic carbocycles. The van der Waals surface area contributed by atoms with Crippen LogP contribution in [0.4, 0.5) is 0 Å². The molecule has 0 fully saturated rings. The molecule has 2 rings (SSSR count). The van der Waals surface area contributed by atoms with E-state index in [1.807, 2.05) is 32.0 Å². The molecule has 0 saturated heterocycles. The van der Waals surface area contributed by atoms with Crippen molar-refractivity contribution in [2.24, 2.45) is 0 Å². The first kappa shape index (κ1) is 23.1. The molecule has 0 atom stereocenters. The number of aryl methyl sites for hydroxylation is 1. The Morgan fingerprint density at radius 2 is 1.70 bits per heavy atom. The maximum absolute atomic E-state index is 12.3. The number of carbonyl (C=O) groups is 2. The minimum Gasteiger partial charge on any atom is -0.491 e. The fourth-order valence-electron chi connectivity index (χ4n) is 2.31. The highest BCUT2D eigenvalue weighted by molar-refractivity contribution is 7.80. The first-order chi connectivity index (χ1) is 14.5. The Morgan fingerprint density at radius 1 is 0.967 bits per heavy atom. The average molecular weight is 432 g/mol. The van der Waals surface area contributed by atoms with E-state index in [0.717, 1.165) is 5.56 Å². The van der Waals surface area contributed by atoms with Crippen molar-refractivity contribution in [3.63, 3.8) is 0 Å². The predicted molar refractivity (Wildman–Crippen MR) is 116 cm³/mol. The predicted octanol–water partition coefficient (Wildman–Crippen LogP) is 2.12. The summed E-state index contributed by atoms with van der Waals surface area (Å²) in [5.74, 6) is 0.248. The molecule has 0 bridgehead atoms. The van der Waals surface area contributed by atoms with Crippen molar-refractivity contribution in [3.05, 3.63) is 59.7 Å². The molecule has 160 valence electrons. The third kappa shape index (κ3) is 8.46. The molecule has 0 radical (unpaired) electrons. The van der Waals surface area contributed by atoms with E-state index in [2.05, 4.69) is 16.2 Å². The SMILES string of the molecule is CCOCCOc1cccc(C(=O)NC(=S)NNC(=O)COc2cccc(C)c2)c1. The lowest BCUT2D eigenvalue weighted by molar-refractivity contribution is -0.123. The van der Waals surface area contributed by atoms with Crippen LogP contribution in [-0.2, 0) is 9.53 Å². The number of thiocarbonyl (C=S) groups is 1. The van der Waals surface area contributed by atoms with Crippen LogP contribution in [0.25, 0.3) is 0 Å². The summed E-state index contributed by atoms with van der Waals surface area (Å²) >= 11 is 5.03. The van der Waals surface area contributed by atoms with Gasteiger partial charge in [0.05, 0.1) is 6.61 Å². The molecule has 0 heterocycles. The highest BCUT2D eigenvalue weighted by atomic mass is 32.1. The molecule has 2 amide bonds. The number of carbonyl (C=O) groups excluding carboxylic acids is 2. The van der Waals surface area contributed by atoms with Crippen LogP contribution in [0.2, 0.25) is 0 Å². The van der Waals surface area contributed by atoms with Gasteiger partial charge in [-0.25, -0.2) is 0 Å². The fourth-order valence-corrected chi connectivity index (χ4v) is 2.46. The normalized spacial score (nSPS) is 10.1. The molecule has 0 aromatic heterocycles. The topological polar surface area (TPSA) is 97.9 Å². The third-order valence-electron chi connectivity index (χ3n) is 3.70. The Morgan fingerprint density at radius 3 is 2.43 bits per heavy atom. The highest BCUT2D eigenvalue weighted by Crippen LogP contribution is 2.13. The van der Waals surface area contributed by atoms with E-state index < -0.39 is 11.8 Å². The van der Waals surface area contributed by atoms with E-state index >= 15 is 0 Å². The van der Waals surface area contributed by atoms with E-state index in [-0.39, 0.29) is 11.7 Å². The molecule has 0 aliphatic heterocycles. The molecule has 0 unspecified atom stereocenters. The summed E-state index contributed by atoms with van der Waals surface area (Å²) in [5.41, 5.74) is 6.22. The van der Waals surface area contributed by atoms with Crippen LogP contribution in [-0.4, -0.2) is 43.4 Å². The minimum atomic E-state index is -0.446. The summed E-state index contributed by atoms with van der Waals surface area (Å²) in [7, 11) is 0. The fraction of sp³-hybridized carbons (Fsp3) is 0.286. The second kappa shape index (κ2) is 12.4. The van der Waals surface area contributed by atoms with Gasteiger partial charge < -0.3 is 14.2 Å². The summed E-state index contributed by atoms with van der Waals surface area (Å²) in [6, 6.07) is 14.0. The monoisotopic (exact) mass is 431 g/mol. The number of amides is 2. The van der Waals surface area contributed by atoms with Gasteiger partial charge in [-0.2, -0.15) is 0 Å². The van der Waals surface area contributed by atoms with Gasteiger partial charge in [-0.1, -0.05) is 18.2 Å². The molecule has 2 aromatic carbocycles. The van der Waals surface area contributed by atoms with Crippen LogP contribution in [0.3, 0.4) is 0 Å². The summed E-state index contributed by atoms with van der Waals surface area (Å²) in [6.07, 6.45) is 0. The number of rotatable bonds is 9. The van der Waals surface area contributed by atoms with E-state index in [9.17, 15) is 9.59 Å². The van der Waals surface area contributed by atoms with Crippen LogP contribution in [0.5, 0.6) is 11.5 Å². The largest absolute Gasteiger partial charge is 0.491 e. The van der Waals surface area contributed by atoms with Crippen molar-refractivity contribution in [1.29, 1.82) is 0 Å². The van der Waals surface area contributed by atoms with Crippen molar-refractivity contribution in [2.75, 3.05) is 26.4 Å². The van der Waals surface area contributed by atoms with Gasteiger partial charge in [0, 0.05) is 12.2 Å². The summed E-state index contributed by atoms with van der Waals surface area (Å²) in [6.45, 7) is 5.10. The summed E-state index contributed by atoms with van der Waals surface area (Å²) < 4.78 is 16.1. The van der Waals surface area contributed by atoms with Crippen LogP contribution in [0.15, 0.2) is 48.5 Å². The molecule has 9 heteroatoms. The van der Waals surface area contributed by atoms with Gasteiger partial charge in [-0.3, -0.25) is 25.8 Å². The quantitative estimate of drug-likeness (QED) is 0.318. The summed E-state index contributed by atoms with van der Waals surface area (Å²) in [5, 5.41) is 2.43. The van der Waals surface area contributed by atoms with Crippen molar-refractivity contribution in [1.82, 2.24) is 16.2 Å². The number of ether oxygens (including phenoxy) is 3. The molecule has 3 N–H and O–H groups in total. The molecular formula is C21H25N3O5S. The maximum Gasteiger partial charge on any atom is 0.276 e. The van der Waals surface area contributed by atoms with Crippen molar-refractivity contribution in [2.45, 2.75) is 13.8 Å². The molecule has 0 aliphatic rings. The lowest BCUT2D eigenvalue weighted by Crippen LogP contribution is -2.49. The van der Waals surface area contributed by atoms with Crippen LogP contribution in [0, 0.1) is 6.92 Å². The van der Waals surface area contributed by atoms with E-state index in [0.29, 0.717) is 36.9 Å². The van der Waals surface area contributed by atoms with Crippen LogP contribution < -0.4 is 25.6 Å². The van der Waals surface area contributed by atoms with Crippen molar-refractivity contribution < 1.29 is 23.8 Å². The Balaban J connectivity index is 1.73. The van der Waals surface area contributed by atoms with Gasteiger partial charge in [-0.05, 0) is 62.0 Å². The number of hydrazine groups is 1. The van der Waals surface area contributed by atoms with Gasteiger partial charge in [-0.15, -0.1) is 0 Å². The minimum absolute atomic E-state index is 0.0495. The Hall–Kier alpha value is -3.17. The lowest BCUT2D eigenvalue weighted by Gasteiger charge is -2.12. The van der Waals surface area contributed by atoms with E-state index in [1.165, 1.54) is 0 Å². The van der Waals surface area contributed by atoms with Crippen LogP contribution in [0.1, 0.15) is 22.8 Å². The van der Waals surface area contributed by atoms with Gasteiger partial charge in [0.25, 0.3) is 11.8 Å². The number of hydrogen-bond donors (Lipinski definition) is 3. The second-order valence-electron chi connectivity index (χ2n) is 6.13. The van der Waals surface area contributed by atoms with E-state index in [1.54, 1.807) is 30.3 Å². The number of hydrogen-bond acceptors (Lipinski definition) is 6. The molecule has 30 heavy (non-hydrogen) atoms. The molecule has 0 spiro atoms. The third-order valence-corrected chi connectivity index (χ3v) is 3.90. The standard InChI is InChI=1S/C21H25N3O5S/c1-3-27-10-11-28-18-9-5-7-16(13-18)20(26)22-21(30)24-23-19(25)14-29-17-8-4-6-15(2)12-17/h4-9,12-13H,3,10-11,14H2,1-2H3,(H,23,25)(H2,22,24,26,30). The zero-order valence-electron chi connectivity index (χ0n) is 16.9. The molecule has 8 nitrogen and oxygen atoms in total. The molecule has 2 aromatic rings. The molecule has 0 saturated carbocycles. The average Bonchev–Trinajstić information content (AvgIpc) is 2.74. The smallest absolute Gasteiger partial charge is 0.276 e. The zero-order chi connectivity index (χ0) is 21.8. The first-order valence-electron chi connectivity index (χ1n) is 9.38. The van der Waals surface area contributed by atoms with Crippen LogP contribution >= 0.6 is 12.2 Å². The Kier molecular flexibility index (Phi) is 9.56. The zero-order valence-corrected chi connectivity index (χ0v) is 17.7. The molecular weight excluding hydrogens is 406 g/mol. The van der Waals surface area contributed by atoms with Crippen molar-refractivity contribution in [3.8, 4) is 11.5 Å². The van der Waals surface area contributed by atoms with Gasteiger partial charge in [0.1, 0.15) is 18.1 Å². The highest BCUT2D eigenvalue weighted by Gasteiger charge is 2.10. The van der Waals surface area contributed by atoms with Gasteiger partial charge in [0.2, 0.25) is 0 Å². The summed E-state index contributed by atoms with van der Waals surface area (Å²) in [4.78, 5) is 24.2. The first-order valence-corrected chi connectivity index (χ1v) is 9.79. The van der Waals surface area contributed by atoms with Crippen molar-refractivity contribution >= 4 is 29.1 Å². The number of benzene rings is 2. The van der Waals surface area contributed by atoms with Gasteiger partial charge >= 0.3 is 0 Å². The maximum atomic E-state index is 12.3. The lowest BCUT2D eigenvalue weighted by atomic mass is 10.2. The second-order valence-corrected chi connectivity index (χ2v) is 6.54. The number of nitrogens with one attached hydrogen (secondary N) is 3. The Bertz CT molecular complexity index is 875. The Labute approximate surface area is 180 Å². The van der Waals surface area contributed by atoms with E-state index in [4.69, 9.17) is 26.4 Å². The van der Waals surface area contributed by atoms with Gasteiger partial charge in [0.15, 0.2) is 11.7 Å².